The summed E-state index contributed by atoms with van der Waals surface area (Å²) < 4.78 is 29.9. The lowest BCUT2D eigenvalue weighted by Crippen LogP contribution is -2.39. The zero-order valence-corrected chi connectivity index (χ0v) is 20.3. The van der Waals surface area contributed by atoms with E-state index < -0.39 is 9.84 Å². The second-order valence-corrected chi connectivity index (χ2v) is 10.9. The standard InChI is InChI=1S/C25H29N5O3S/c1-3-18-15-27-25(28-16-18)29-11-9-20(10-12-29)33-21-4-7-24(26-17-21)30-13-8-19-14-22(34(2,31)32)5-6-23(19)30/h4-7,14-17,20H,3,8-13H2,1-2H3. The molecular weight excluding hydrogens is 450 g/mol. The SMILES string of the molecule is CCc1cnc(N2CCC(Oc3ccc(N4CCc5cc(S(C)(=O)=O)ccc54)nc3)CC2)nc1. The van der Waals surface area contributed by atoms with Crippen LogP contribution in [0.25, 0.3) is 0 Å². The fraction of sp³-hybridized carbons (Fsp3) is 0.400. The summed E-state index contributed by atoms with van der Waals surface area (Å²) in [6.45, 7) is 4.60. The smallest absolute Gasteiger partial charge is 0.225 e. The minimum absolute atomic E-state index is 0.140. The van der Waals surface area contributed by atoms with Crippen molar-refractivity contribution in [2.45, 2.75) is 43.6 Å². The Balaban J connectivity index is 1.19. The second kappa shape index (κ2) is 9.21. The predicted octanol–water partition coefficient (Wildman–Crippen LogP) is 3.58. The average Bonchev–Trinajstić information content (AvgIpc) is 3.28. The molecule has 2 aliphatic rings. The Kier molecular flexibility index (Phi) is 6.12. The number of aromatic nitrogens is 3. The summed E-state index contributed by atoms with van der Waals surface area (Å²) in [4.78, 5) is 18.3. The molecule has 2 aromatic heterocycles. The number of aryl methyl sites for hydroxylation is 1. The molecule has 3 aromatic rings. The van der Waals surface area contributed by atoms with Gasteiger partial charge in [-0.25, -0.2) is 23.4 Å². The van der Waals surface area contributed by atoms with Crippen LogP contribution in [0.4, 0.5) is 17.5 Å². The largest absolute Gasteiger partial charge is 0.489 e. The number of hydrogen-bond donors (Lipinski definition) is 0. The summed E-state index contributed by atoms with van der Waals surface area (Å²) in [5.41, 5.74) is 3.19. The van der Waals surface area contributed by atoms with Crippen molar-refractivity contribution in [2.75, 3.05) is 35.7 Å². The van der Waals surface area contributed by atoms with Crippen LogP contribution >= 0.6 is 0 Å². The third-order valence-corrected chi connectivity index (χ3v) is 7.61. The van der Waals surface area contributed by atoms with E-state index in [9.17, 15) is 8.42 Å². The van der Waals surface area contributed by atoms with Gasteiger partial charge < -0.3 is 14.5 Å². The summed E-state index contributed by atoms with van der Waals surface area (Å²) in [5, 5.41) is 0. The molecule has 0 spiro atoms. The van der Waals surface area contributed by atoms with Crippen molar-refractivity contribution in [3.63, 3.8) is 0 Å². The molecule has 0 unspecified atom stereocenters. The van der Waals surface area contributed by atoms with Crippen molar-refractivity contribution in [1.82, 2.24) is 15.0 Å². The monoisotopic (exact) mass is 479 g/mol. The first-order valence-corrected chi connectivity index (χ1v) is 13.6. The van der Waals surface area contributed by atoms with Crippen LogP contribution in [0.1, 0.15) is 30.9 Å². The molecule has 8 nitrogen and oxygen atoms in total. The Hall–Kier alpha value is -3.20. The van der Waals surface area contributed by atoms with Gasteiger partial charge in [-0.05, 0) is 54.3 Å². The molecule has 0 bridgehead atoms. The number of anilines is 3. The van der Waals surface area contributed by atoms with Crippen molar-refractivity contribution in [3.05, 3.63) is 60.0 Å². The molecule has 0 amide bonds. The topological polar surface area (TPSA) is 88.5 Å². The molecule has 0 atom stereocenters. The third-order valence-electron chi connectivity index (χ3n) is 6.50. The number of benzene rings is 1. The van der Waals surface area contributed by atoms with Gasteiger partial charge >= 0.3 is 0 Å². The number of sulfone groups is 1. The minimum Gasteiger partial charge on any atom is -0.489 e. The Labute approximate surface area is 200 Å². The molecule has 0 radical (unpaired) electrons. The van der Waals surface area contributed by atoms with Crippen LogP contribution in [0, 0.1) is 0 Å². The van der Waals surface area contributed by atoms with E-state index in [0.29, 0.717) is 4.90 Å². The Bertz CT molecular complexity index is 1250. The highest BCUT2D eigenvalue weighted by molar-refractivity contribution is 7.90. The number of hydrogen-bond acceptors (Lipinski definition) is 8. The maximum atomic E-state index is 11.9. The molecular formula is C25H29N5O3S. The lowest BCUT2D eigenvalue weighted by Gasteiger charge is -2.32. The fourth-order valence-electron chi connectivity index (χ4n) is 4.51. The van der Waals surface area contributed by atoms with E-state index in [1.54, 1.807) is 18.3 Å². The van der Waals surface area contributed by atoms with E-state index in [0.717, 1.165) is 79.6 Å². The average molecular weight is 480 g/mol. The van der Waals surface area contributed by atoms with E-state index in [-0.39, 0.29) is 6.10 Å². The van der Waals surface area contributed by atoms with Gasteiger partial charge in [0.15, 0.2) is 9.84 Å². The molecule has 178 valence electrons. The zero-order chi connectivity index (χ0) is 23.7. The maximum Gasteiger partial charge on any atom is 0.225 e. The first-order valence-electron chi connectivity index (χ1n) is 11.7. The van der Waals surface area contributed by atoms with Gasteiger partial charge in [0.1, 0.15) is 17.7 Å². The summed E-state index contributed by atoms with van der Waals surface area (Å²) in [6.07, 6.45) is 10.5. The minimum atomic E-state index is -3.21. The highest BCUT2D eigenvalue weighted by Gasteiger charge is 2.25. The number of nitrogens with zero attached hydrogens (tertiary/aromatic N) is 5. The van der Waals surface area contributed by atoms with Crippen LogP contribution in [0.5, 0.6) is 5.75 Å². The van der Waals surface area contributed by atoms with Crippen LogP contribution in [0.15, 0.2) is 53.8 Å². The predicted molar refractivity (Wildman–Crippen MR) is 132 cm³/mol. The fourth-order valence-corrected chi connectivity index (χ4v) is 5.18. The number of piperidine rings is 1. The maximum absolute atomic E-state index is 11.9. The van der Waals surface area contributed by atoms with Crippen molar-refractivity contribution in [3.8, 4) is 5.75 Å². The molecule has 4 heterocycles. The van der Waals surface area contributed by atoms with Gasteiger partial charge in [-0.3, -0.25) is 0 Å². The van der Waals surface area contributed by atoms with Gasteiger partial charge in [-0.1, -0.05) is 6.92 Å². The van der Waals surface area contributed by atoms with E-state index in [2.05, 4.69) is 31.7 Å². The number of pyridine rings is 1. The highest BCUT2D eigenvalue weighted by Crippen LogP contribution is 2.35. The van der Waals surface area contributed by atoms with E-state index >= 15 is 0 Å². The zero-order valence-electron chi connectivity index (χ0n) is 19.5. The first kappa shape index (κ1) is 22.6. The molecule has 1 fully saturated rings. The summed E-state index contributed by atoms with van der Waals surface area (Å²) in [5.74, 6) is 2.38. The van der Waals surface area contributed by atoms with E-state index in [1.165, 1.54) is 6.26 Å². The highest BCUT2D eigenvalue weighted by atomic mass is 32.2. The molecule has 34 heavy (non-hydrogen) atoms. The Morgan fingerprint density at radius 3 is 2.41 bits per heavy atom. The van der Waals surface area contributed by atoms with Gasteiger partial charge in [0.25, 0.3) is 0 Å². The van der Waals surface area contributed by atoms with Crippen LogP contribution < -0.4 is 14.5 Å². The Morgan fingerprint density at radius 2 is 1.76 bits per heavy atom. The van der Waals surface area contributed by atoms with Crippen molar-refractivity contribution < 1.29 is 13.2 Å². The van der Waals surface area contributed by atoms with Crippen molar-refractivity contribution in [1.29, 1.82) is 0 Å². The molecule has 0 aliphatic carbocycles. The lowest BCUT2D eigenvalue weighted by molar-refractivity contribution is 0.170. The van der Waals surface area contributed by atoms with Crippen LogP contribution in [0.2, 0.25) is 0 Å². The van der Waals surface area contributed by atoms with Gasteiger partial charge in [-0.2, -0.15) is 0 Å². The number of rotatable bonds is 6. The first-order chi connectivity index (χ1) is 16.4. The molecule has 5 rings (SSSR count). The van der Waals surface area contributed by atoms with E-state index in [1.807, 2.05) is 30.6 Å². The van der Waals surface area contributed by atoms with Crippen LogP contribution in [-0.2, 0) is 22.7 Å². The van der Waals surface area contributed by atoms with Gasteiger partial charge in [0.05, 0.1) is 11.1 Å². The summed E-state index contributed by atoms with van der Waals surface area (Å²) in [6, 6.07) is 9.24. The lowest BCUT2D eigenvalue weighted by atomic mass is 10.1. The summed E-state index contributed by atoms with van der Waals surface area (Å²) in [7, 11) is -3.21. The number of fused-ring (bicyclic) bond motifs is 1. The van der Waals surface area contributed by atoms with Crippen LogP contribution in [-0.4, -0.2) is 55.4 Å². The second-order valence-electron chi connectivity index (χ2n) is 8.87. The molecule has 1 aromatic carbocycles. The molecule has 1 saturated heterocycles. The van der Waals surface area contributed by atoms with Crippen LogP contribution in [0.3, 0.4) is 0 Å². The number of ether oxygens (including phenoxy) is 1. The van der Waals surface area contributed by atoms with E-state index in [4.69, 9.17) is 4.74 Å². The summed E-state index contributed by atoms with van der Waals surface area (Å²) >= 11 is 0. The van der Waals surface area contributed by atoms with Gasteiger partial charge in [0, 0.05) is 56.8 Å². The van der Waals surface area contributed by atoms with Gasteiger partial charge in [0.2, 0.25) is 5.95 Å². The van der Waals surface area contributed by atoms with Gasteiger partial charge in [-0.15, -0.1) is 0 Å². The third kappa shape index (κ3) is 4.70. The molecule has 0 saturated carbocycles. The quantitative estimate of drug-likeness (QED) is 0.530. The van der Waals surface area contributed by atoms with Crippen molar-refractivity contribution >= 4 is 27.3 Å². The van der Waals surface area contributed by atoms with Crippen molar-refractivity contribution in [2.24, 2.45) is 0 Å². The molecule has 2 aliphatic heterocycles. The Morgan fingerprint density at radius 1 is 1.00 bits per heavy atom. The normalized spacial score (nSPS) is 16.5. The molecule has 0 N–H and O–H groups in total. The molecule has 9 heteroatoms.